The number of amidine groups is 1. The van der Waals surface area contributed by atoms with E-state index < -0.39 is 6.10 Å². The van der Waals surface area contributed by atoms with Gasteiger partial charge in [-0.2, -0.15) is 5.10 Å². The summed E-state index contributed by atoms with van der Waals surface area (Å²) in [5.74, 6) is 6.42. The molecule has 1 unspecified atom stereocenters. The van der Waals surface area contributed by atoms with E-state index in [4.69, 9.17) is 16.7 Å². The van der Waals surface area contributed by atoms with Gasteiger partial charge in [-0.15, -0.1) is 0 Å². The zero-order chi connectivity index (χ0) is 19.3. The number of nitrogens with zero attached hydrogens (tertiary/aromatic N) is 2. The number of carbonyl (C=O) groups excluding carboxylic acids is 1. The van der Waals surface area contributed by atoms with Crippen LogP contribution in [-0.2, 0) is 17.6 Å². The van der Waals surface area contributed by atoms with Crippen molar-refractivity contribution in [2.75, 3.05) is 0 Å². The molecule has 0 fully saturated rings. The highest BCUT2D eigenvalue weighted by Gasteiger charge is 2.18. The monoisotopic (exact) mass is 376 g/mol. The van der Waals surface area contributed by atoms with Crippen molar-refractivity contribution in [2.24, 2.45) is 4.99 Å². The number of aliphatic imine (C=N–C) groups is 1. The molecule has 0 spiro atoms. The van der Waals surface area contributed by atoms with Gasteiger partial charge in [-0.25, -0.2) is 4.99 Å². The van der Waals surface area contributed by atoms with Crippen molar-refractivity contribution in [2.45, 2.75) is 46.1 Å². The summed E-state index contributed by atoms with van der Waals surface area (Å²) in [6.07, 6.45) is 1.94. The zero-order valence-electron chi connectivity index (χ0n) is 14.9. The van der Waals surface area contributed by atoms with Crippen molar-refractivity contribution in [3.8, 4) is 11.8 Å². The van der Waals surface area contributed by atoms with Crippen molar-refractivity contribution < 1.29 is 15.0 Å². The number of aryl methyl sites for hydroxylation is 1. The highest BCUT2D eigenvalue weighted by atomic mass is 35.5. The number of carbonyl (C=O) groups is 1. The van der Waals surface area contributed by atoms with Crippen molar-refractivity contribution in [1.82, 2.24) is 15.5 Å². The van der Waals surface area contributed by atoms with E-state index in [1.165, 1.54) is 6.08 Å². The van der Waals surface area contributed by atoms with Crippen LogP contribution in [0.5, 0.6) is 0 Å². The number of hydrogen-bond donors (Lipinski definition) is 4. The highest BCUT2D eigenvalue weighted by Crippen LogP contribution is 2.22. The summed E-state index contributed by atoms with van der Waals surface area (Å²) in [5, 5.41) is 28.6. The maximum atomic E-state index is 11.4. The summed E-state index contributed by atoms with van der Waals surface area (Å²) in [5.41, 5.74) is 2.49. The Balaban J connectivity index is 0.000000190. The van der Waals surface area contributed by atoms with E-state index in [9.17, 15) is 9.90 Å². The predicted octanol–water partition coefficient (Wildman–Crippen LogP) is 2.40. The first-order chi connectivity index (χ1) is 12.3. The van der Waals surface area contributed by atoms with E-state index in [1.54, 1.807) is 13.8 Å². The fourth-order valence-electron chi connectivity index (χ4n) is 2.38. The average Bonchev–Trinajstić information content (AvgIpc) is 2.87. The predicted molar refractivity (Wildman–Crippen MR) is 100 cm³/mol. The summed E-state index contributed by atoms with van der Waals surface area (Å²) >= 11 is 5.78. The number of amides is 1. The number of nitrogens with one attached hydrogen (secondary N) is 2. The number of aliphatic hydroxyl groups excluding tert-OH is 2. The van der Waals surface area contributed by atoms with Crippen LogP contribution in [0.4, 0.5) is 5.82 Å². The molecule has 2 heterocycles. The first-order valence-electron chi connectivity index (χ1n) is 8.15. The van der Waals surface area contributed by atoms with Gasteiger partial charge in [0.1, 0.15) is 17.7 Å². The molecule has 1 aliphatic carbocycles. The second kappa shape index (κ2) is 8.70. The first kappa shape index (κ1) is 19.8. The maximum absolute atomic E-state index is 11.4. The SMILES string of the molecule is CC1=C(\Cl)CC#CC(O)/C=C\1O.CCc1[nH]nc2c1CC(=O)NC(C)=N2. The van der Waals surface area contributed by atoms with Gasteiger partial charge < -0.3 is 15.5 Å². The van der Waals surface area contributed by atoms with Gasteiger partial charge in [-0.05, 0) is 26.3 Å². The molecule has 1 aromatic heterocycles. The van der Waals surface area contributed by atoms with Crippen LogP contribution in [0.15, 0.2) is 27.4 Å². The third kappa shape index (κ3) is 4.97. The Morgan fingerprint density at radius 3 is 2.85 bits per heavy atom. The summed E-state index contributed by atoms with van der Waals surface area (Å²) in [4.78, 5) is 15.6. The van der Waals surface area contributed by atoms with E-state index in [-0.39, 0.29) is 11.7 Å². The molecule has 1 amide bonds. The Bertz CT molecular complexity index is 856. The van der Waals surface area contributed by atoms with Crippen LogP contribution < -0.4 is 5.32 Å². The molecule has 0 bridgehead atoms. The lowest BCUT2D eigenvalue weighted by molar-refractivity contribution is -0.119. The van der Waals surface area contributed by atoms with Crippen LogP contribution in [0.1, 0.15) is 38.4 Å². The number of H-pyrrole nitrogens is 1. The van der Waals surface area contributed by atoms with Gasteiger partial charge in [0.05, 0.1) is 6.42 Å². The number of hydrogen-bond acceptors (Lipinski definition) is 5. The molecule has 1 aliphatic heterocycles. The second-order valence-electron chi connectivity index (χ2n) is 5.80. The minimum absolute atomic E-state index is 0.00139. The number of aliphatic hydroxyl groups is 2. The van der Waals surface area contributed by atoms with E-state index >= 15 is 0 Å². The molecule has 0 radical (unpaired) electrons. The standard InChI is InChI=1S/C9H9ClO2.C9H12N4O/c1-6-8(10)4-2-3-7(11)5-9(6)12;1-3-7-6-4-8(14)10-5(2)11-9(6)13-12-7/h5,7,11-12H,4H2,1H3;3-4H2,1-2H3,(H2,10,11,12,13,14)/b8-6+,9-5+;. The summed E-state index contributed by atoms with van der Waals surface area (Å²) in [6.45, 7) is 5.47. The van der Waals surface area contributed by atoms with Crippen molar-refractivity contribution in [1.29, 1.82) is 0 Å². The van der Waals surface area contributed by atoms with Crippen LogP contribution in [0, 0.1) is 11.8 Å². The number of aromatic amines is 1. The fourth-order valence-corrected chi connectivity index (χ4v) is 2.54. The number of fused-ring (bicyclic) bond motifs is 1. The van der Waals surface area contributed by atoms with Crippen molar-refractivity contribution in [3.05, 3.63) is 33.7 Å². The topological polar surface area (TPSA) is 111 Å². The summed E-state index contributed by atoms with van der Waals surface area (Å²) in [7, 11) is 0. The normalized spacial score (nSPS) is 24.0. The number of allylic oxidation sites excluding steroid dienone is 2. The third-order valence-corrected chi connectivity index (χ3v) is 4.23. The Hall–Kier alpha value is -2.56. The van der Waals surface area contributed by atoms with Crippen LogP contribution in [0.25, 0.3) is 0 Å². The zero-order valence-corrected chi connectivity index (χ0v) is 15.6. The quantitative estimate of drug-likeness (QED) is 0.564. The molecule has 1 aromatic rings. The lowest BCUT2D eigenvalue weighted by atomic mass is 10.1. The van der Waals surface area contributed by atoms with Gasteiger partial charge in [-0.1, -0.05) is 30.4 Å². The average molecular weight is 377 g/mol. The molecule has 0 saturated heterocycles. The Morgan fingerprint density at radius 2 is 2.15 bits per heavy atom. The summed E-state index contributed by atoms with van der Waals surface area (Å²) < 4.78 is 0. The van der Waals surface area contributed by atoms with E-state index in [2.05, 4.69) is 32.3 Å². The molecule has 4 N–H and O–H groups in total. The molecular formula is C18H21ClN4O3. The van der Waals surface area contributed by atoms with Crippen molar-refractivity contribution in [3.63, 3.8) is 0 Å². The molecular weight excluding hydrogens is 356 g/mol. The molecule has 2 aliphatic rings. The highest BCUT2D eigenvalue weighted by molar-refractivity contribution is 6.30. The number of aromatic nitrogens is 2. The molecule has 8 heteroatoms. The molecule has 0 saturated carbocycles. The minimum atomic E-state index is -0.898. The van der Waals surface area contributed by atoms with E-state index in [0.717, 1.165) is 17.7 Å². The van der Waals surface area contributed by atoms with Gasteiger partial charge in [0, 0.05) is 28.3 Å². The van der Waals surface area contributed by atoms with Crippen LogP contribution in [-0.4, -0.2) is 38.3 Å². The molecule has 3 rings (SSSR count). The van der Waals surface area contributed by atoms with Crippen molar-refractivity contribution >= 4 is 29.2 Å². The lowest BCUT2D eigenvalue weighted by Gasteiger charge is -2.06. The van der Waals surface area contributed by atoms with Gasteiger partial charge in [-0.3, -0.25) is 9.89 Å². The fraction of sp³-hybridized carbons (Fsp3) is 0.389. The van der Waals surface area contributed by atoms with Gasteiger partial charge in [0.2, 0.25) is 5.91 Å². The van der Waals surface area contributed by atoms with Crippen LogP contribution in [0.3, 0.4) is 0 Å². The molecule has 138 valence electrons. The Labute approximate surface area is 156 Å². The number of rotatable bonds is 1. The number of halogens is 1. The maximum Gasteiger partial charge on any atom is 0.229 e. The van der Waals surface area contributed by atoms with Crippen LogP contribution >= 0.6 is 11.6 Å². The Morgan fingerprint density at radius 1 is 1.42 bits per heavy atom. The molecule has 26 heavy (non-hydrogen) atoms. The van der Waals surface area contributed by atoms with E-state index in [1.807, 2.05) is 6.92 Å². The molecule has 1 atom stereocenters. The molecule has 7 nitrogen and oxygen atoms in total. The molecule has 0 aromatic carbocycles. The smallest absolute Gasteiger partial charge is 0.229 e. The first-order valence-corrected chi connectivity index (χ1v) is 8.53. The van der Waals surface area contributed by atoms with Gasteiger partial charge in [0.25, 0.3) is 0 Å². The Kier molecular flexibility index (Phi) is 6.61. The largest absolute Gasteiger partial charge is 0.508 e. The van der Waals surface area contributed by atoms with E-state index in [0.29, 0.717) is 35.1 Å². The lowest BCUT2D eigenvalue weighted by Crippen LogP contribution is -2.28. The van der Waals surface area contributed by atoms with Crippen LogP contribution in [0.2, 0.25) is 0 Å². The summed E-state index contributed by atoms with van der Waals surface area (Å²) in [6, 6.07) is 0. The second-order valence-corrected chi connectivity index (χ2v) is 6.26. The minimum Gasteiger partial charge on any atom is -0.508 e. The van der Waals surface area contributed by atoms with Gasteiger partial charge >= 0.3 is 0 Å². The van der Waals surface area contributed by atoms with Gasteiger partial charge in [0.15, 0.2) is 5.82 Å². The third-order valence-electron chi connectivity index (χ3n) is 3.82.